The summed E-state index contributed by atoms with van der Waals surface area (Å²) in [5.74, 6) is -0.914. The summed E-state index contributed by atoms with van der Waals surface area (Å²) in [7, 11) is 1.26. The lowest BCUT2D eigenvalue weighted by atomic mass is 10.2. The Bertz CT molecular complexity index is 566. The molecule has 1 heterocycles. The third-order valence-electron chi connectivity index (χ3n) is 2.37. The van der Waals surface area contributed by atoms with Gasteiger partial charge in [0.2, 0.25) is 0 Å². The van der Waals surface area contributed by atoms with Crippen molar-refractivity contribution in [3.8, 4) is 5.69 Å². The lowest BCUT2D eigenvalue weighted by Gasteiger charge is -2.04. The Morgan fingerprint density at radius 1 is 1.47 bits per heavy atom. The first kappa shape index (κ1) is 11.3. The molecule has 0 saturated carbocycles. The van der Waals surface area contributed by atoms with E-state index in [0.29, 0.717) is 11.3 Å². The number of benzene rings is 1. The highest BCUT2D eigenvalue weighted by Crippen LogP contribution is 2.16. The summed E-state index contributed by atoms with van der Waals surface area (Å²) >= 11 is 0. The largest absolute Gasteiger partial charge is 0.464 e. The summed E-state index contributed by atoms with van der Waals surface area (Å²) < 4.78 is 19.2. The molecule has 2 aromatic rings. The molecule has 0 unspecified atom stereocenters. The summed E-state index contributed by atoms with van der Waals surface area (Å²) in [6.07, 6.45) is 1.40. The molecule has 0 amide bonds. The Morgan fingerprint density at radius 3 is 2.94 bits per heavy atom. The van der Waals surface area contributed by atoms with Crippen LogP contribution < -0.4 is 0 Å². The van der Waals surface area contributed by atoms with Crippen LogP contribution in [-0.2, 0) is 4.74 Å². The first-order chi connectivity index (χ1) is 8.13. The van der Waals surface area contributed by atoms with Crippen molar-refractivity contribution < 1.29 is 13.9 Å². The minimum Gasteiger partial charge on any atom is -0.464 e. The number of halogens is 1. The highest BCUT2D eigenvalue weighted by molar-refractivity contribution is 5.86. The summed E-state index contributed by atoms with van der Waals surface area (Å²) in [6, 6.07) is 4.61. The van der Waals surface area contributed by atoms with Crippen molar-refractivity contribution >= 4 is 5.97 Å². The van der Waals surface area contributed by atoms with E-state index in [-0.39, 0.29) is 11.5 Å². The number of rotatable bonds is 2. The molecule has 6 heteroatoms. The Balaban J connectivity index is 2.44. The van der Waals surface area contributed by atoms with E-state index in [4.69, 9.17) is 0 Å². The third-order valence-corrected chi connectivity index (χ3v) is 2.37. The van der Waals surface area contributed by atoms with Gasteiger partial charge >= 0.3 is 5.97 Å². The number of methoxy groups -OCH3 is 1. The molecule has 17 heavy (non-hydrogen) atoms. The second-order valence-electron chi connectivity index (χ2n) is 3.42. The van der Waals surface area contributed by atoms with Crippen molar-refractivity contribution in [2.24, 2.45) is 0 Å². The van der Waals surface area contributed by atoms with Crippen molar-refractivity contribution in [2.45, 2.75) is 6.92 Å². The molecule has 0 aliphatic carbocycles. The van der Waals surface area contributed by atoms with Crippen molar-refractivity contribution in [1.29, 1.82) is 0 Å². The molecule has 0 aliphatic heterocycles. The molecule has 0 spiro atoms. The molecule has 0 radical (unpaired) electrons. The van der Waals surface area contributed by atoms with Crippen LogP contribution in [0, 0.1) is 12.7 Å². The molecule has 0 saturated heterocycles. The fourth-order valence-electron chi connectivity index (χ4n) is 1.42. The monoisotopic (exact) mass is 235 g/mol. The molecule has 0 fully saturated rings. The standard InChI is InChI=1S/C11H10FN3O2/c1-7-8(12)4-3-5-10(7)15-6-9(13-14-15)11(16)17-2/h3-6H,1-2H3. The minimum absolute atomic E-state index is 0.0798. The van der Waals surface area contributed by atoms with Gasteiger partial charge in [0.25, 0.3) is 0 Å². The lowest BCUT2D eigenvalue weighted by molar-refractivity contribution is 0.0594. The predicted molar refractivity (Wildman–Crippen MR) is 57.4 cm³/mol. The van der Waals surface area contributed by atoms with Crippen LogP contribution in [0.15, 0.2) is 24.4 Å². The number of nitrogens with zero attached hydrogens (tertiary/aromatic N) is 3. The number of carbonyl (C=O) groups excluding carboxylic acids is 1. The van der Waals surface area contributed by atoms with E-state index < -0.39 is 5.97 Å². The first-order valence-electron chi connectivity index (χ1n) is 4.89. The fraction of sp³-hybridized carbons (Fsp3) is 0.182. The van der Waals surface area contributed by atoms with Gasteiger partial charge in [0.1, 0.15) is 5.82 Å². The number of hydrogen-bond donors (Lipinski definition) is 0. The maximum Gasteiger partial charge on any atom is 0.360 e. The SMILES string of the molecule is COC(=O)c1cn(-c2cccc(F)c2C)nn1. The van der Waals surface area contributed by atoms with Crippen LogP contribution in [-0.4, -0.2) is 28.1 Å². The normalized spacial score (nSPS) is 10.3. The summed E-state index contributed by atoms with van der Waals surface area (Å²) in [4.78, 5) is 11.2. The second-order valence-corrected chi connectivity index (χ2v) is 3.42. The van der Waals surface area contributed by atoms with Crippen LogP contribution in [0.5, 0.6) is 0 Å². The van der Waals surface area contributed by atoms with Crippen molar-refractivity contribution in [3.63, 3.8) is 0 Å². The zero-order chi connectivity index (χ0) is 12.4. The van der Waals surface area contributed by atoms with Gasteiger partial charge in [0, 0.05) is 5.56 Å². The Kier molecular flexibility index (Phi) is 2.86. The van der Waals surface area contributed by atoms with Gasteiger partial charge in [-0.3, -0.25) is 0 Å². The zero-order valence-corrected chi connectivity index (χ0v) is 9.35. The molecular weight excluding hydrogens is 225 g/mol. The maximum absolute atomic E-state index is 13.3. The van der Waals surface area contributed by atoms with Gasteiger partial charge in [-0.1, -0.05) is 11.3 Å². The molecule has 1 aromatic heterocycles. The molecule has 0 atom stereocenters. The molecule has 5 nitrogen and oxygen atoms in total. The van der Waals surface area contributed by atoms with Crippen LogP contribution in [0.3, 0.4) is 0 Å². The summed E-state index contributed by atoms with van der Waals surface area (Å²) in [5, 5.41) is 7.41. The number of ether oxygens (including phenoxy) is 1. The van der Waals surface area contributed by atoms with E-state index in [2.05, 4.69) is 15.0 Å². The van der Waals surface area contributed by atoms with Crippen LogP contribution in [0.25, 0.3) is 5.69 Å². The van der Waals surface area contributed by atoms with E-state index >= 15 is 0 Å². The molecule has 0 aliphatic rings. The van der Waals surface area contributed by atoms with Crippen LogP contribution >= 0.6 is 0 Å². The molecule has 88 valence electrons. The first-order valence-corrected chi connectivity index (χ1v) is 4.89. The quantitative estimate of drug-likeness (QED) is 0.740. The van der Waals surface area contributed by atoms with Crippen molar-refractivity contribution in [2.75, 3.05) is 7.11 Å². The highest BCUT2D eigenvalue weighted by atomic mass is 19.1. The van der Waals surface area contributed by atoms with E-state index in [9.17, 15) is 9.18 Å². The zero-order valence-electron chi connectivity index (χ0n) is 9.35. The van der Waals surface area contributed by atoms with E-state index in [1.54, 1.807) is 19.1 Å². The average Bonchev–Trinajstić information content (AvgIpc) is 2.81. The number of carbonyl (C=O) groups is 1. The summed E-state index contributed by atoms with van der Waals surface area (Å²) in [6.45, 7) is 1.63. The van der Waals surface area contributed by atoms with Gasteiger partial charge in [0.05, 0.1) is 19.0 Å². The molecule has 0 N–H and O–H groups in total. The topological polar surface area (TPSA) is 57.0 Å². The summed E-state index contributed by atoms with van der Waals surface area (Å²) in [5.41, 5.74) is 1.05. The van der Waals surface area contributed by atoms with Crippen LogP contribution in [0.4, 0.5) is 4.39 Å². The van der Waals surface area contributed by atoms with E-state index in [0.717, 1.165) is 0 Å². The second kappa shape index (κ2) is 4.32. The Labute approximate surface area is 96.8 Å². The molecule has 1 aromatic carbocycles. The van der Waals surface area contributed by atoms with Gasteiger partial charge in [-0.25, -0.2) is 13.9 Å². The fourth-order valence-corrected chi connectivity index (χ4v) is 1.42. The third kappa shape index (κ3) is 2.01. The van der Waals surface area contributed by atoms with Crippen molar-refractivity contribution in [3.05, 3.63) is 41.5 Å². The van der Waals surface area contributed by atoms with E-state index in [1.807, 2.05) is 0 Å². The molecular formula is C11H10FN3O2. The van der Waals surface area contributed by atoms with Crippen LogP contribution in [0.2, 0.25) is 0 Å². The average molecular weight is 235 g/mol. The van der Waals surface area contributed by atoms with Gasteiger partial charge in [-0.2, -0.15) is 0 Å². The smallest absolute Gasteiger partial charge is 0.360 e. The molecule has 2 rings (SSSR count). The Hall–Kier alpha value is -2.24. The number of hydrogen-bond acceptors (Lipinski definition) is 4. The lowest BCUT2D eigenvalue weighted by Crippen LogP contribution is -2.01. The van der Waals surface area contributed by atoms with Crippen molar-refractivity contribution in [1.82, 2.24) is 15.0 Å². The minimum atomic E-state index is -0.578. The highest BCUT2D eigenvalue weighted by Gasteiger charge is 2.13. The van der Waals surface area contributed by atoms with Gasteiger partial charge in [-0.15, -0.1) is 5.10 Å². The maximum atomic E-state index is 13.3. The Morgan fingerprint density at radius 2 is 2.24 bits per heavy atom. The van der Waals surface area contributed by atoms with Crippen LogP contribution in [0.1, 0.15) is 16.1 Å². The number of esters is 1. The van der Waals surface area contributed by atoms with E-state index in [1.165, 1.54) is 24.1 Å². The molecule has 0 bridgehead atoms. The van der Waals surface area contributed by atoms with Gasteiger partial charge in [-0.05, 0) is 19.1 Å². The van der Waals surface area contributed by atoms with Gasteiger partial charge < -0.3 is 4.74 Å². The van der Waals surface area contributed by atoms with Gasteiger partial charge in [0.15, 0.2) is 5.69 Å². The number of aromatic nitrogens is 3. The predicted octanol–water partition coefficient (Wildman–Crippen LogP) is 1.50.